The van der Waals surface area contributed by atoms with Gasteiger partial charge in [0.15, 0.2) is 0 Å². The number of aliphatic hydroxyl groups is 1. The highest BCUT2D eigenvalue weighted by Crippen LogP contribution is 2.16. The molecule has 2 unspecified atom stereocenters. The predicted molar refractivity (Wildman–Crippen MR) is 189 cm³/mol. The summed E-state index contributed by atoms with van der Waals surface area (Å²) in [5.74, 6) is -0.885. The molecule has 6 nitrogen and oxygen atoms in total. The first kappa shape index (κ1) is 43.3. The molecule has 0 heterocycles. The van der Waals surface area contributed by atoms with Gasteiger partial charge in [-0.05, 0) is 12.8 Å². The van der Waals surface area contributed by atoms with E-state index in [-0.39, 0.29) is 5.91 Å². The summed E-state index contributed by atoms with van der Waals surface area (Å²) in [6.07, 6.45) is 36.2. The standard InChI is InChI=1S/C37H75NO5S/c1-3-5-7-9-11-13-15-17-18-19-20-21-22-24-26-28-30-32-36(39)35(34-44(41,42)43)38-37(40)33-31-29-27-25-23-16-14-12-10-8-6-4-2/h35-36,39H,3-34H2,1-2H3,(H,38,40)(H,41,42,43). The van der Waals surface area contributed by atoms with E-state index in [2.05, 4.69) is 19.2 Å². The van der Waals surface area contributed by atoms with E-state index in [1.54, 1.807) is 0 Å². The van der Waals surface area contributed by atoms with Gasteiger partial charge in [0.2, 0.25) is 5.91 Å². The van der Waals surface area contributed by atoms with E-state index in [0.29, 0.717) is 12.8 Å². The number of rotatable bonds is 35. The van der Waals surface area contributed by atoms with Gasteiger partial charge in [-0.2, -0.15) is 8.42 Å². The fourth-order valence-electron chi connectivity index (χ4n) is 6.16. The van der Waals surface area contributed by atoms with Crippen LogP contribution in [0.2, 0.25) is 0 Å². The zero-order valence-electron chi connectivity index (χ0n) is 29.3. The molecule has 0 aliphatic carbocycles. The van der Waals surface area contributed by atoms with Gasteiger partial charge in [0.25, 0.3) is 10.1 Å². The van der Waals surface area contributed by atoms with Crippen molar-refractivity contribution in [3.8, 4) is 0 Å². The third kappa shape index (κ3) is 32.7. The van der Waals surface area contributed by atoms with Crippen LogP contribution in [0.25, 0.3) is 0 Å². The molecule has 7 heteroatoms. The average molecular weight is 646 g/mol. The highest BCUT2D eigenvalue weighted by molar-refractivity contribution is 7.85. The Morgan fingerprint density at radius 1 is 0.523 bits per heavy atom. The molecular formula is C37H75NO5S. The van der Waals surface area contributed by atoms with Gasteiger partial charge >= 0.3 is 0 Å². The lowest BCUT2D eigenvalue weighted by atomic mass is 10.0. The number of unbranched alkanes of at least 4 members (excludes halogenated alkanes) is 27. The van der Waals surface area contributed by atoms with Gasteiger partial charge in [0.1, 0.15) is 0 Å². The maximum atomic E-state index is 12.5. The van der Waals surface area contributed by atoms with Crippen LogP contribution in [0.5, 0.6) is 0 Å². The lowest BCUT2D eigenvalue weighted by molar-refractivity contribution is -0.122. The molecule has 0 aliphatic heterocycles. The van der Waals surface area contributed by atoms with Gasteiger partial charge in [-0.3, -0.25) is 9.35 Å². The highest BCUT2D eigenvalue weighted by Gasteiger charge is 2.26. The van der Waals surface area contributed by atoms with Crippen molar-refractivity contribution in [3.05, 3.63) is 0 Å². The number of nitrogens with one attached hydrogen (secondary N) is 1. The van der Waals surface area contributed by atoms with E-state index in [1.807, 2.05) is 0 Å². The Bertz CT molecular complexity index is 715. The number of hydrogen-bond donors (Lipinski definition) is 3. The van der Waals surface area contributed by atoms with Crippen molar-refractivity contribution < 1.29 is 22.9 Å². The van der Waals surface area contributed by atoms with Crippen molar-refractivity contribution in [1.82, 2.24) is 5.32 Å². The van der Waals surface area contributed by atoms with Crippen LogP contribution in [0.1, 0.15) is 213 Å². The SMILES string of the molecule is CCCCCCCCCCCCCCCCCCCC(O)C(CS(=O)(=O)O)NC(=O)CCCCCCCCCCCCCC. The van der Waals surface area contributed by atoms with Gasteiger partial charge in [-0.1, -0.05) is 194 Å². The van der Waals surface area contributed by atoms with Crippen molar-refractivity contribution >= 4 is 16.0 Å². The third-order valence-corrected chi connectivity index (χ3v) is 9.84. The molecule has 3 N–H and O–H groups in total. The van der Waals surface area contributed by atoms with E-state index in [1.165, 1.54) is 148 Å². The maximum absolute atomic E-state index is 12.5. The molecular weight excluding hydrogens is 570 g/mol. The fourth-order valence-corrected chi connectivity index (χ4v) is 6.92. The molecule has 0 aromatic heterocycles. The minimum atomic E-state index is -4.30. The molecule has 2 atom stereocenters. The van der Waals surface area contributed by atoms with Gasteiger partial charge < -0.3 is 10.4 Å². The van der Waals surface area contributed by atoms with Crippen LogP contribution in [0.3, 0.4) is 0 Å². The van der Waals surface area contributed by atoms with Gasteiger partial charge in [-0.15, -0.1) is 0 Å². The number of carbonyl (C=O) groups is 1. The van der Waals surface area contributed by atoms with Crippen LogP contribution in [-0.2, 0) is 14.9 Å². The summed E-state index contributed by atoms with van der Waals surface area (Å²) >= 11 is 0. The molecule has 44 heavy (non-hydrogen) atoms. The Hall–Kier alpha value is -0.660. The summed E-state index contributed by atoms with van der Waals surface area (Å²) in [4.78, 5) is 12.5. The van der Waals surface area contributed by atoms with E-state index in [9.17, 15) is 22.9 Å². The summed E-state index contributed by atoms with van der Waals surface area (Å²) in [6, 6.07) is -0.962. The zero-order valence-corrected chi connectivity index (χ0v) is 30.1. The fraction of sp³-hybridized carbons (Fsp3) is 0.973. The second kappa shape index (κ2) is 32.3. The Labute approximate surface area is 274 Å². The minimum absolute atomic E-state index is 0.243. The largest absolute Gasteiger partial charge is 0.391 e. The lowest BCUT2D eigenvalue weighted by Crippen LogP contribution is -2.47. The van der Waals surface area contributed by atoms with Gasteiger partial charge in [0.05, 0.1) is 17.9 Å². The number of hydrogen-bond acceptors (Lipinski definition) is 4. The van der Waals surface area contributed by atoms with Crippen LogP contribution < -0.4 is 5.32 Å². The number of amides is 1. The van der Waals surface area contributed by atoms with Crippen molar-refractivity contribution in [1.29, 1.82) is 0 Å². The molecule has 0 fully saturated rings. The molecule has 0 saturated carbocycles. The highest BCUT2D eigenvalue weighted by atomic mass is 32.2. The predicted octanol–water partition coefficient (Wildman–Crippen LogP) is 10.9. The normalized spacial score (nSPS) is 13.3. The number of carbonyl (C=O) groups excluding carboxylic acids is 1. The smallest absolute Gasteiger partial charge is 0.266 e. The molecule has 0 aliphatic rings. The second-order valence-corrected chi connectivity index (χ2v) is 15.1. The first-order valence-electron chi connectivity index (χ1n) is 19.2. The summed E-state index contributed by atoms with van der Waals surface area (Å²) in [5, 5.41) is 13.3. The Balaban J connectivity index is 3.85. The maximum Gasteiger partial charge on any atom is 0.266 e. The topological polar surface area (TPSA) is 104 Å². The Morgan fingerprint density at radius 3 is 1.14 bits per heavy atom. The Morgan fingerprint density at radius 2 is 0.818 bits per heavy atom. The van der Waals surface area contributed by atoms with Gasteiger partial charge in [0, 0.05) is 6.42 Å². The number of aliphatic hydroxyl groups excluding tert-OH is 1. The summed E-state index contributed by atoms with van der Waals surface area (Å²) < 4.78 is 32.4. The third-order valence-electron chi connectivity index (χ3n) is 9.06. The van der Waals surface area contributed by atoms with Gasteiger partial charge in [-0.25, -0.2) is 0 Å². The van der Waals surface area contributed by atoms with Crippen LogP contribution in [-0.4, -0.2) is 41.9 Å². The van der Waals surface area contributed by atoms with Crippen LogP contribution >= 0.6 is 0 Å². The molecule has 0 aromatic carbocycles. The molecule has 0 saturated heterocycles. The van der Waals surface area contributed by atoms with Crippen LogP contribution in [0.15, 0.2) is 0 Å². The van der Waals surface area contributed by atoms with E-state index in [4.69, 9.17) is 0 Å². The summed E-state index contributed by atoms with van der Waals surface area (Å²) in [5.41, 5.74) is 0. The molecule has 0 spiro atoms. The minimum Gasteiger partial charge on any atom is -0.391 e. The van der Waals surface area contributed by atoms with Crippen LogP contribution in [0, 0.1) is 0 Å². The first-order valence-corrected chi connectivity index (χ1v) is 20.8. The Kier molecular flexibility index (Phi) is 31.8. The monoisotopic (exact) mass is 646 g/mol. The summed E-state index contributed by atoms with van der Waals surface area (Å²) in [6.45, 7) is 4.51. The summed E-state index contributed by atoms with van der Waals surface area (Å²) in [7, 11) is -4.30. The van der Waals surface area contributed by atoms with E-state index < -0.39 is 28.0 Å². The molecule has 0 aromatic rings. The zero-order chi connectivity index (χ0) is 32.6. The molecule has 264 valence electrons. The van der Waals surface area contributed by atoms with Crippen molar-refractivity contribution in [2.24, 2.45) is 0 Å². The molecule has 0 rings (SSSR count). The van der Waals surface area contributed by atoms with Crippen molar-refractivity contribution in [3.63, 3.8) is 0 Å². The lowest BCUT2D eigenvalue weighted by Gasteiger charge is -2.23. The van der Waals surface area contributed by atoms with E-state index in [0.717, 1.165) is 38.5 Å². The van der Waals surface area contributed by atoms with Crippen molar-refractivity contribution in [2.45, 2.75) is 225 Å². The second-order valence-electron chi connectivity index (χ2n) is 13.6. The quantitative estimate of drug-likeness (QED) is 0.0470. The first-order chi connectivity index (χ1) is 21.3. The molecule has 0 bridgehead atoms. The van der Waals surface area contributed by atoms with Crippen LogP contribution in [0.4, 0.5) is 0 Å². The van der Waals surface area contributed by atoms with E-state index >= 15 is 0 Å². The average Bonchev–Trinajstić information content (AvgIpc) is 2.98. The molecule has 1 amide bonds. The van der Waals surface area contributed by atoms with Crippen molar-refractivity contribution in [2.75, 3.05) is 5.75 Å². The molecule has 0 radical (unpaired) electrons.